The van der Waals surface area contributed by atoms with Gasteiger partial charge in [0.1, 0.15) is 0 Å². The van der Waals surface area contributed by atoms with Gasteiger partial charge in [-0.15, -0.1) is 0 Å². The molecule has 0 saturated heterocycles. The van der Waals surface area contributed by atoms with Gasteiger partial charge < -0.3 is 0 Å². The van der Waals surface area contributed by atoms with E-state index in [0.29, 0.717) is 0 Å². The van der Waals surface area contributed by atoms with Crippen molar-refractivity contribution >= 4 is 10.8 Å². The van der Waals surface area contributed by atoms with Gasteiger partial charge in [0.2, 0.25) is 0 Å². The normalized spacial score (nSPS) is 10.0. The van der Waals surface area contributed by atoms with Crippen molar-refractivity contribution in [2.75, 3.05) is 0 Å². The van der Waals surface area contributed by atoms with E-state index in [1.54, 1.807) is 12.4 Å². The zero-order valence-corrected chi connectivity index (χ0v) is 5.28. The third-order valence-corrected chi connectivity index (χ3v) is 1.39. The molecule has 0 aliphatic rings. The van der Waals surface area contributed by atoms with Crippen LogP contribution in [-0.4, -0.2) is 10.2 Å². The van der Waals surface area contributed by atoms with Crippen LogP contribution >= 0.6 is 0 Å². The van der Waals surface area contributed by atoms with Gasteiger partial charge in [-0.05, 0) is 12.1 Å². The number of hydrogen-bond acceptors (Lipinski definition) is 2. The Kier molecular flexibility index (Phi) is 1.10. The largest absolute Gasteiger partial charge is 0.158 e. The molecule has 0 N–H and O–H groups in total. The molecule has 2 rings (SSSR count). The molecular weight excluding hydrogens is 124 g/mol. The van der Waals surface area contributed by atoms with E-state index in [2.05, 4.69) is 16.3 Å². The zero-order valence-electron chi connectivity index (χ0n) is 5.28. The van der Waals surface area contributed by atoms with Crippen LogP contribution in [0.1, 0.15) is 0 Å². The highest BCUT2D eigenvalue weighted by Crippen LogP contribution is 2.07. The van der Waals surface area contributed by atoms with E-state index >= 15 is 0 Å². The maximum absolute atomic E-state index is 3.75. The van der Waals surface area contributed by atoms with Gasteiger partial charge >= 0.3 is 0 Å². The van der Waals surface area contributed by atoms with Crippen LogP contribution < -0.4 is 0 Å². The van der Waals surface area contributed by atoms with Gasteiger partial charge in [0, 0.05) is 10.8 Å². The molecule has 0 unspecified atom stereocenters. The summed E-state index contributed by atoms with van der Waals surface area (Å²) in [5, 5.41) is 9.68. The lowest BCUT2D eigenvalue weighted by atomic mass is 10.2. The second-order valence-electron chi connectivity index (χ2n) is 2.04. The summed E-state index contributed by atoms with van der Waals surface area (Å²) in [4.78, 5) is 0. The first-order chi connectivity index (χ1) is 4.97. The van der Waals surface area contributed by atoms with Crippen LogP contribution in [0.4, 0.5) is 0 Å². The average Bonchev–Trinajstić information content (AvgIpc) is 2.05. The topological polar surface area (TPSA) is 25.8 Å². The van der Waals surface area contributed by atoms with Crippen LogP contribution in [0.2, 0.25) is 0 Å². The van der Waals surface area contributed by atoms with Gasteiger partial charge in [-0.3, -0.25) is 0 Å². The highest BCUT2D eigenvalue weighted by molar-refractivity contribution is 5.79. The predicted octanol–water partition coefficient (Wildman–Crippen LogP) is 1.43. The number of rotatable bonds is 0. The summed E-state index contributed by atoms with van der Waals surface area (Å²) in [5.41, 5.74) is 0. The molecule has 47 valence electrons. The molecule has 0 aliphatic carbocycles. The molecule has 0 amide bonds. The Morgan fingerprint density at radius 2 is 1.90 bits per heavy atom. The number of aromatic nitrogens is 2. The fourth-order valence-electron chi connectivity index (χ4n) is 0.876. The smallest absolute Gasteiger partial charge is 0.0574 e. The molecule has 1 radical (unpaired) electrons. The lowest BCUT2D eigenvalue weighted by molar-refractivity contribution is 1.05. The molecule has 0 fully saturated rings. The standard InChI is InChI=1S/C8H5N2/c1-2-4-8-6-10-9-5-7(8)3-1/h1,3-6H. The monoisotopic (exact) mass is 129 g/mol. The summed E-state index contributed by atoms with van der Waals surface area (Å²) < 4.78 is 0. The molecule has 0 atom stereocenters. The van der Waals surface area contributed by atoms with Crippen molar-refractivity contribution in [3.63, 3.8) is 0 Å². The number of nitrogens with zero attached hydrogens (tertiary/aromatic N) is 2. The molecule has 0 bridgehead atoms. The van der Waals surface area contributed by atoms with E-state index in [-0.39, 0.29) is 0 Å². The van der Waals surface area contributed by atoms with E-state index < -0.39 is 0 Å². The molecule has 0 spiro atoms. The Labute approximate surface area is 58.5 Å². The van der Waals surface area contributed by atoms with Crippen LogP contribution in [0.3, 0.4) is 0 Å². The number of hydrogen-bond donors (Lipinski definition) is 0. The minimum Gasteiger partial charge on any atom is -0.158 e. The fourth-order valence-corrected chi connectivity index (χ4v) is 0.876. The molecule has 0 saturated carbocycles. The molecule has 10 heavy (non-hydrogen) atoms. The number of benzene rings is 1. The summed E-state index contributed by atoms with van der Waals surface area (Å²) in [6.07, 6.45) is 3.47. The third-order valence-electron chi connectivity index (χ3n) is 1.39. The van der Waals surface area contributed by atoms with Gasteiger partial charge in [-0.25, -0.2) is 0 Å². The van der Waals surface area contributed by atoms with Gasteiger partial charge in [0.05, 0.1) is 12.4 Å². The van der Waals surface area contributed by atoms with Crippen molar-refractivity contribution in [1.29, 1.82) is 0 Å². The van der Waals surface area contributed by atoms with Gasteiger partial charge in [0.15, 0.2) is 0 Å². The highest BCUT2D eigenvalue weighted by atomic mass is 15.1. The third kappa shape index (κ3) is 0.739. The molecule has 2 aromatic rings. The van der Waals surface area contributed by atoms with E-state index in [0.717, 1.165) is 10.8 Å². The first-order valence-electron chi connectivity index (χ1n) is 3.03. The van der Waals surface area contributed by atoms with Crippen molar-refractivity contribution in [3.05, 3.63) is 36.7 Å². The summed E-state index contributed by atoms with van der Waals surface area (Å²) >= 11 is 0. The fraction of sp³-hybridized carbons (Fsp3) is 0. The first kappa shape index (κ1) is 5.35. The van der Waals surface area contributed by atoms with Crippen LogP contribution in [0.25, 0.3) is 10.8 Å². The second kappa shape index (κ2) is 2.06. The summed E-state index contributed by atoms with van der Waals surface area (Å²) in [6, 6.07) is 8.69. The van der Waals surface area contributed by atoms with Crippen molar-refractivity contribution < 1.29 is 0 Å². The highest BCUT2D eigenvalue weighted by Gasteiger charge is 1.87. The molecule has 1 heterocycles. The van der Waals surface area contributed by atoms with Crippen LogP contribution in [0, 0.1) is 6.07 Å². The van der Waals surface area contributed by atoms with Crippen LogP contribution in [0.15, 0.2) is 30.6 Å². The predicted molar refractivity (Wildman–Crippen MR) is 38.4 cm³/mol. The zero-order chi connectivity index (χ0) is 6.81. The maximum Gasteiger partial charge on any atom is 0.0574 e. The van der Waals surface area contributed by atoms with Gasteiger partial charge in [-0.2, -0.15) is 10.2 Å². The summed E-state index contributed by atoms with van der Waals surface area (Å²) in [7, 11) is 0. The van der Waals surface area contributed by atoms with E-state index in [1.165, 1.54) is 0 Å². The Bertz CT molecular complexity index is 278. The van der Waals surface area contributed by atoms with Crippen LogP contribution in [0.5, 0.6) is 0 Å². The number of fused-ring (bicyclic) bond motifs is 1. The Morgan fingerprint density at radius 3 is 2.70 bits per heavy atom. The second-order valence-corrected chi connectivity index (χ2v) is 2.04. The minimum atomic E-state index is 1.08. The molecule has 1 aromatic heterocycles. The quantitative estimate of drug-likeness (QED) is 0.537. The lowest BCUT2D eigenvalue weighted by Gasteiger charge is -1.90. The van der Waals surface area contributed by atoms with Crippen molar-refractivity contribution in [2.24, 2.45) is 0 Å². The van der Waals surface area contributed by atoms with Crippen molar-refractivity contribution in [2.45, 2.75) is 0 Å². The Balaban J connectivity index is 2.89. The van der Waals surface area contributed by atoms with Gasteiger partial charge in [-0.1, -0.05) is 12.1 Å². The first-order valence-corrected chi connectivity index (χ1v) is 3.03. The molecule has 0 aliphatic heterocycles. The molecule has 1 aromatic carbocycles. The summed E-state index contributed by atoms with van der Waals surface area (Å²) in [5.74, 6) is 0. The Hall–Kier alpha value is -1.44. The SMILES string of the molecule is [c]1ccc2cnncc2c1. The van der Waals surface area contributed by atoms with Crippen molar-refractivity contribution in [3.8, 4) is 0 Å². The maximum atomic E-state index is 3.75. The van der Waals surface area contributed by atoms with Crippen molar-refractivity contribution in [1.82, 2.24) is 10.2 Å². The summed E-state index contributed by atoms with van der Waals surface area (Å²) in [6.45, 7) is 0. The van der Waals surface area contributed by atoms with E-state index in [4.69, 9.17) is 0 Å². The molecular formula is C8H5N2. The lowest BCUT2D eigenvalue weighted by Crippen LogP contribution is -1.78. The van der Waals surface area contributed by atoms with E-state index in [9.17, 15) is 0 Å². The van der Waals surface area contributed by atoms with E-state index in [1.807, 2.05) is 18.2 Å². The van der Waals surface area contributed by atoms with Gasteiger partial charge in [0.25, 0.3) is 0 Å². The van der Waals surface area contributed by atoms with Crippen LogP contribution in [-0.2, 0) is 0 Å². The molecule has 2 heteroatoms. The minimum absolute atomic E-state index is 1.08. The average molecular weight is 129 g/mol. The molecule has 2 nitrogen and oxygen atoms in total. The Morgan fingerprint density at radius 1 is 1.10 bits per heavy atom.